The number of halogens is 1. The van der Waals surface area contributed by atoms with Crippen molar-refractivity contribution in [1.82, 2.24) is 4.90 Å². The molecule has 5 heteroatoms. The van der Waals surface area contributed by atoms with Gasteiger partial charge in [0.15, 0.2) is 0 Å². The Bertz CT molecular complexity index is 662. The fourth-order valence-corrected chi connectivity index (χ4v) is 3.03. The fourth-order valence-electron chi connectivity index (χ4n) is 2.61. The topological polar surface area (TPSA) is 38.8 Å². The van der Waals surface area contributed by atoms with Crippen LogP contribution in [0.3, 0.4) is 0 Å². The maximum Gasteiger partial charge on any atom is 0.410 e. The van der Waals surface area contributed by atoms with Gasteiger partial charge < -0.3 is 9.47 Å². The smallest absolute Gasteiger partial charge is 0.410 e. The lowest BCUT2D eigenvalue weighted by Gasteiger charge is -2.35. The van der Waals surface area contributed by atoms with E-state index in [1.54, 1.807) is 4.90 Å². The summed E-state index contributed by atoms with van der Waals surface area (Å²) in [7, 11) is 0. The second-order valence-electron chi connectivity index (χ2n) is 5.38. The summed E-state index contributed by atoms with van der Waals surface area (Å²) in [5, 5.41) is 0. The summed E-state index contributed by atoms with van der Waals surface area (Å²) in [5.41, 5.74) is 2.02. The van der Waals surface area contributed by atoms with E-state index < -0.39 is 0 Å². The van der Waals surface area contributed by atoms with Crippen molar-refractivity contribution in [2.24, 2.45) is 0 Å². The van der Waals surface area contributed by atoms with E-state index >= 15 is 0 Å². The monoisotopic (exact) mass is 375 g/mol. The SMILES string of the molecule is O=C(OCc1ccccc1)N1CCOCC1c1cccc(Br)c1. The first-order valence-electron chi connectivity index (χ1n) is 7.54. The molecule has 1 unspecified atom stereocenters. The van der Waals surface area contributed by atoms with Crippen molar-refractivity contribution in [3.8, 4) is 0 Å². The molecule has 0 N–H and O–H groups in total. The summed E-state index contributed by atoms with van der Waals surface area (Å²) in [6, 6.07) is 17.5. The van der Waals surface area contributed by atoms with Gasteiger partial charge in [-0.05, 0) is 23.3 Å². The van der Waals surface area contributed by atoms with Crippen LogP contribution in [0.25, 0.3) is 0 Å². The van der Waals surface area contributed by atoms with Crippen LogP contribution in [-0.2, 0) is 16.1 Å². The molecule has 1 aliphatic heterocycles. The molecule has 2 aromatic carbocycles. The van der Waals surface area contributed by atoms with Crippen molar-refractivity contribution in [1.29, 1.82) is 0 Å². The van der Waals surface area contributed by atoms with E-state index in [0.717, 1.165) is 15.6 Å². The van der Waals surface area contributed by atoms with E-state index in [-0.39, 0.29) is 18.7 Å². The Morgan fingerprint density at radius 2 is 2.04 bits per heavy atom. The summed E-state index contributed by atoms with van der Waals surface area (Å²) >= 11 is 3.47. The van der Waals surface area contributed by atoms with Crippen LogP contribution in [0, 0.1) is 0 Å². The van der Waals surface area contributed by atoms with Crippen molar-refractivity contribution >= 4 is 22.0 Å². The number of nitrogens with zero attached hydrogens (tertiary/aromatic N) is 1. The Morgan fingerprint density at radius 3 is 2.83 bits per heavy atom. The number of rotatable bonds is 3. The lowest BCUT2D eigenvalue weighted by atomic mass is 10.1. The van der Waals surface area contributed by atoms with Gasteiger partial charge in [-0.3, -0.25) is 4.90 Å². The molecular formula is C18H18BrNO3. The van der Waals surface area contributed by atoms with Gasteiger partial charge in [0.05, 0.1) is 19.3 Å². The average Bonchev–Trinajstić information content (AvgIpc) is 2.60. The number of amides is 1. The van der Waals surface area contributed by atoms with E-state index in [9.17, 15) is 4.79 Å². The van der Waals surface area contributed by atoms with Gasteiger partial charge in [-0.25, -0.2) is 4.79 Å². The Labute approximate surface area is 144 Å². The molecule has 0 aromatic heterocycles. The van der Waals surface area contributed by atoms with Gasteiger partial charge >= 0.3 is 6.09 Å². The van der Waals surface area contributed by atoms with Crippen molar-refractivity contribution in [3.05, 3.63) is 70.2 Å². The summed E-state index contributed by atoms with van der Waals surface area (Å²) < 4.78 is 12.0. The predicted octanol–water partition coefficient (Wildman–Crippen LogP) is 4.16. The number of hydrogen-bond acceptors (Lipinski definition) is 3. The Morgan fingerprint density at radius 1 is 1.22 bits per heavy atom. The summed E-state index contributed by atoms with van der Waals surface area (Å²) in [5.74, 6) is 0. The molecule has 1 atom stereocenters. The number of ether oxygens (including phenoxy) is 2. The Kier molecular flexibility index (Phi) is 5.31. The zero-order valence-electron chi connectivity index (χ0n) is 12.7. The van der Waals surface area contributed by atoms with Gasteiger partial charge in [0.1, 0.15) is 6.61 Å². The highest BCUT2D eigenvalue weighted by atomic mass is 79.9. The molecular weight excluding hydrogens is 358 g/mol. The van der Waals surface area contributed by atoms with Crippen LogP contribution in [0.15, 0.2) is 59.1 Å². The molecule has 1 fully saturated rings. The molecule has 1 aliphatic rings. The minimum absolute atomic E-state index is 0.121. The van der Waals surface area contributed by atoms with Crippen molar-refractivity contribution in [2.45, 2.75) is 12.6 Å². The van der Waals surface area contributed by atoms with Gasteiger partial charge in [-0.15, -0.1) is 0 Å². The van der Waals surface area contributed by atoms with E-state index in [4.69, 9.17) is 9.47 Å². The normalized spacial score (nSPS) is 17.8. The quantitative estimate of drug-likeness (QED) is 0.808. The van der Waals surface area contributed by atoms with Gasteiger partial charge in [-0.2, -0.15) is 0 Å². The van der Waals surface area contributed by atoms with Crippen LogP contribution in [0.5, 0.6) is 0 Å². The largest absolute Gasteiger partial charge is 0.445 e. The predicted molar refractivity (Wildman–Crippen MR) is 91.0 cm³/mol. The number of carbonyl (C=O) groups excluding carboxylic acids is 1. The van der Waals surface area contributed by atoms with Crippen LogP contribution in [-0.4, -0.2) is 30.8 Å². The second kappa shape index (κ2) is 7.62. The molecule has 1 saturated heterocycles. The highest BCUT2D eigenvalue weighted by molar-refractivity contribution is 9.10. The van der Waals surface area contributed by atoms with E-state index in [2.05, 4.69) is 15.9 Å². The first-order chi connectivity index (χ1) is 11.2. The van der Waals surface area contributed by atoms with Gasteiger partial charge in [0.2, 0.25) is 0 Å². The zero-order chi connectivity index (χ0) is 16.1. The molecule has 4 nitrogen and oxygen atoms in total. The van der Waals surface area contributed by atoms with E-state index in [1.807, 2.05) is 54.6 Å². The maximum absolute atomic E-state index is 12.5. The maximum atomic E-state index is 12.5. The molecule has 1 amide bonds. The lowest BCUT2D eigenvalue weighted by Crippen LogP contribution is -2.43. The highest BCUT2D eigenvalue weighted by Crippen LogP contribution is 2.27. The van der Waals surface area contributed by atoms with Crippen LogP contribution in [0.4, 0.5) is 4.79 Å². The second-order valence-corrected chi connectivity index (χ2v) is 6.29. The Hall–Kier alpha value is -1.85. The number of carbonyl (C=O) groups is 1. The minimum atomic E-state index is -0.304. The Balaban J connectivity index is 1.69. The molecule has 0 aliphatic carbocycles. The van der Waals surface area contributed by atoms with Crippen LogP contribution in [0.1, 0.15) is 17.2 Å². The third kappa shape index (κ3) is 4.12. The lowest BCUT2D eigenvalue weighted by molar-refractivity contribution is -0.0116. The standard InChI is InChI=1S/C18H18BrNO3/c19-16-8-4-7-15(11-16)17-13-22-10-9-20(17)18(21)23-12-14-5-2-1-3-6-14/h1-8,11,17H,9-10,12-13H2. The molecule has 23 heavy (non-hydrogen) atoms. The minimum Gasteiger partial charge on any atom is -0.445 e. The molecule has 0 saturated carbocycles. The first-order valence-corrected chi connectivity index (χ1v) is 8.34. The van der Waals surface area contributed by atoms with Crippen LogP contribution >= 0.6 is 15.9 Å². The number of benzene rings is 2. The zero-order valence-corrected chi connectivity index (χ0v) is 14.2. The summed E-state index contributed by atoms with van der Waals surface area (Å²) in [4.78, 5) is 14.2. The highest BCUT2D eigenvalue weighted by Gasteiger charge is 2.29. The summed E-state index contributed by atoms with van der Waals surface area (Å²) in [6.45, 7) is 1.83. The molecule has 0 bridgehead atoms. The van der Waals surface area contributed by atoms with Gasteiger partial charge in [-0.1, -0.05) is 58.4 Å². The molecule has 0 spiro atoms. The molecule has 3 rings (SSSR count). The molecule has 0 radical (unpaired) electrons. The van der Waals surface area contributed by atoms with Gasteiger partial charge in [0, 0.05) is 11.0 Å². The van der Waals surface area contributed by atoms with Crippen molar-refractivity contribution in [3.63, 3.8) is 0 Å². The van der Waals surface area contributed by atoms with Crippen molar-refractivity contribution < 1.29 is 14.3 Å². The van der Waals surface area contributed by atoms with E-state index in [1.165, 1.54) is 0 Å². The first kappa shape index (κ1) is 16.0. The number of morpholine rings is 1. The summed E-state index contributed by atoms with van der Waals surface area (Å²) in [6.07, 6.45) is -0.304. The van der Waals surface area contributed by atoms with Crippen molar-refractivity contribution in [2.75, 3.05) is 19.8 Å². The third-order valence-corrected chi connectivity index (χ3v) is 4.29. The van der Waals surface area contributed by atoms with E-state index in [0.29, 0.717) is 19.8 Å². The third-order valence-electron chi connectivity index (χ3n) is 3.80. The molecule has 120 valence electrons. The molecule has 1 heterocycles. The van der Waals surface area contributed by atoms with Crippen LogP contribution < -0.4 is 0 Å². The molecule has 2 aromatic rings. The van der Waals surface area contributed by atoms with Gasteiger partial charge in [0.25, 0.3) is 0 Å². The average molecular weight is 376 g/mol. The van der Waals surface area contributed by atoms with Crippen LogP contribution in [0.2, 0.25) is 0 Å². The fraction of sp³-hybridized carbons (Fsp3) is 0.278. The number of hydrogen-bond donors (Lipinski definition) is 0.